The van der Waals surface area contributed by atoms with E-state index in [4.69, 9.17) is 15.8 Å². The highest BCUT2D eigenvalue weighted by molar-refractivity contribution is 7.80. The Kier molecular flexibility index (Phi) is 7.33. The van der Waals surface area contributed by atoms with E-state index in [2.05, 4.69) is 13.8 Å². The molecule has 2 nitrogen and oxygen atoms in total. The van der Waals surface area contributed by atoms with Crippen molar-refractivity contribution >= 4 is 22.7 Å². The molecule has 0 aliphatic carbocycles. The lowest BCUT2D eigenvalue weighted by atomic mass is 10.2. The predicted octanol–water partition coefficient (Wildman–Crippen LogP) is 1.95. The second kappa shape index (κ2) is 7.07. The fourth-order valence-corrected chi connectivity index (χ4v) is 1.40. The third-order valence-corrected chi connectivity index (χ3v) is 2.53. The molecule has 0 aliphatic rings. The number of hydrogen-bond donors (Lipinski definition) is 0. The number of alkyl halides is 1. The Bertz CT molecular complexity index is 117. The zero-order chi connectivity index (χ0) is 8.69. The lowest BCUT2D eigenvalue weighted by Crippen LogP contribution is -2.06. The van der Waals surface area contributed by atoms with Crippen LogP contribution in [0.5, 0.6) is 0 Å². The van der Waals surface area contributed by atoms with Gasteiger partial charge in [0.25, 0.3) is 0 Å². The lowest BCUT2D eigenvalue weighted by Gasteiger charge is -2.03. The molecule has 0 saturated heterocycles. The van der Waals surface area contributed by atoms with Gasteiger partial charge in [-0.25, -0.2) is 4.21 Å². The van der Waals surface area contributed by atoms with Gasteiger partial charge in [0.05, 0.1) is 12.4 Å². The van der Waals surface area contributed by atoms with Crippen LogP contribution < -0.4 is 0 Å². The van der Waals surface area contributed by atoms with Gasteiger partial charge in [-0.2, -0.15) is 0 Å². The molecule has 11 heavy (non-hydrogen) atoms. The van der Waals surface area contributed by atoms with Gasteiger partial charge in [-0.3, -0.25) is 4.18 Å². The Morgan fingerprint density at radius 3 is 2.64 bits per heavy atom. The van der Waals surface area contributed by atoms with Crippen molar-refractivity contribution in [3.8, 4) is 0 Å². The molecule has 4 heteroatoms. The topological polar surface area (TPSA) is 26.3 Å². The molecule has 0 aliphatic heterocycles. The average molecular weight is 199 g/mol. The summed E-state index contributed by atoms with van der Waals surface area (Å²) in [7, 11) is 0. The van der Waals surface area contributed by atoms with E-state index in [1.807, 2.05) is 0 Å². The molecule has 1 atom stereocenters. The van der Waals surface area contributed by atoms with Crippen LogP contribution in [0.25, 0.3) is 0 Å². The van der Waals surface area contributed by atoms with Crippen molar-refractivity contribution < 1.29 is 8.39 Å². The third kappa shape index (κ3) is 8.30. The molecule has 0 saturated carbocycles. The van der Waals surface area contributed by atoms with Crippen molar-refractivity contribution in [2.24, 2.45) is 5.92 Å². The summed E-state index contributed by atoms with van der Waals surface area (Å²) in [6.45, 7) is 4.78. The summed E-state index contributed by atoms with van der Waals surface area (Å²) in [6, 6.07) is 0. The first kappa shape index (κ1) is 11.4. The van der Waals surface area contributed by atoms with Crippen molar-refractivity contribution in [2.45, 2.75) is 20.3 Å². The van der Waals surface area contributed by atoms with E-state index in [1.165, 1.54) is 0 Å². The summed E-state index contributed by atoms with van der Waals surface area (Å²) < 4.78 is 15.8. The maximum absolute atomic E-state index is 10.8. The van der Waals surface area contributed by atoms with Crippen LogP contribution in [-0.2, 0) is 15.3 Å². The summed E-state index contributed by atoms with van der Waals surface area (Å²) >= 11 is 4.20. The molecule has 0 N–H and O–H groups in total. The SMILES string of the molecule is CC(C)CCOS(=O)CCCl. The van der Waals surface area contributed by atoms with E-state index in [0.717, 1.165) is 6.42 Å². The van der Waals surface area contributed by atoms with Crippen molar-refractivity contribution in [3.63, 3.8) is 0 Å². The molecule has 0 heterocycles. The minimum absolute atomic E-state index is 0.397. The van der Waals surface area contributed by atoms with Gasteiger partial charge in [0.1, 0.15) is 0 Å². The maximum Gasteiger partial charge on any atom is 0.156 e. The standard InChI is InChI=1S/C7H15ClO2S/c1-7(2)3-5-10-11(9)6-4-8/h7H,3-6H2,1-2H3. The van der Waals surface area contributed by atoms with Crippen LogP contribution in [0.1, 0.15) is 20.3 Å². The molecule has 0 aromatic carbocycles. The maximum atomic E-state index is 10.8. The molecule has 0 bridgehead atoms. The Labute approximate surface area is 75.9 Å². The van der Waals surface area contributed by atoms with Crippen LogP contribution in [0, 0.1) is 5.92 Å². The molecule has 0 radical (unpaired) electrons. The van der Waals surface area contributed by atoms with Crippen LogP contribution in [0.2, 0.25) is 0 Å². The zero-order valence-electron chi connectivity index (χ0n) is 7.01. The fraction of sp³-hybridized carbons (Fsp3) is 1.00. The second-order valence-corrected chi connectivity index (χ2v) is 4.33. The van der Waals surface area contributed by atoms with E-state index in [1.54, 1.807) is 0 Å². The quantitative estimate of drug-likeness (QED) is 0.610. The highest BCUT2D eigenvalue weighted by Crippen LogP contribution is 2.00. The number of rotatable bonds is 6. The van der Waals surface area contributed by atoms with Crippen molar-refractivity contribution in [2.75, 3.05) is 18.2 Å². The highest BCUT2D eigenvalue weighted by atomic mass is 35.5. The van der Waals surface area contributed by atoms with E-state index >= 15 is 0 Å². The highest BCUT2D eigenvalue weighted by Gasteiger charge is 1.99. The predicted molar refractivity (Wildman–Crippen MR) is 49.1 cm³/mol. The molecule has 68 valence electrons. The Morgan fingerprint density at radius 1 is 1.55 bits per heavy atom. The molecule has 0 aromatic rings. The third-order valence-electron chi connectivity index (χ3n) is 1.15. The number of halogens is 1. The normalized spacial score (nSPS) is 13.8. The van der Waals surface area contributed by atoms with E-state index < -0.39 is 11.1 Å². The molecule has 0 spiro atoms. The van der Waals surface area contributed by atoms with Gasteiger partial charge in [0.15, 0.2) is 11.1 Å². The van der Waals surface area contributed by atoms with E-state index in [-0.39, 0.29) is 0 Å². The van der Waals surface area contributed by atoms with E-state index in [0.29, 0.717) is 24.2 Å². The molecular weight excluding hydrogens is 184 g/mol. The van der Waals surface area contributed by atoms with Crippen LogP contribution in [0.4, 0.5) is 0 Å². The smallest absolute Gasteiger partial charge is 0.156 e. The minimum Gasteiger partial charge on any atom is -0.291 e. The Morgan fingerprint density at radius 2 is 2.18 bits per heavy atom. The summed E-state index contributed by atoms with van der Waals surface area (Å²) in [4.78, 5) is 0. The zero-order valence-corrected chi connectivity index (χ0v) is 8.58. The van der Waals surface area contributed by atoms with Crippen molar-refractivity contribution in [1.82, 2.24) is 0 Å². The fourth-order valence-electron chi connectivity index (χ4n) is 0.499. The Hall–Kier alpha value is 0.400. The van der Waals surface area contributed by atoms with Crippen LogP contribution in [0.15, 0.2) is 0 Å². The summed E-state index contributed by atoms with van der Waals surface area (Å²) in [6.07, 6.45) is 0.952. The van der Waals surface area contributed by atoms with Gasteiger partial charge in [-0.1, -0.05) is 13.8 Å². The Balaban J connectivity index is 3.17. The first-order valence-corrected chi connectivity index (χ1v) is 5.52. The van der Waals surface area contributed by atoms with Gasteiger partial charge < -0.3 is 0 Å². The van der Waals surface area contributed by atoms with Crippen molar-refractivity contribution in [1.29, 1.82) is 0 Å². The largest absolute Gasteiger partial charge is 0.291 e. The van der Waals surface area contributed by atoms with Crippen molar-refractivity contribution in [3.05, 3.63) is 0 Å². The molecule has 1 unspecified atom stereocenters. The second-order valence-electron chi connectivity index (χ2n) is 2.70. The summed E-state index contributed by atoms with van der Waals surface area (Å²) in [5, 5.41) is 0. The minimum atomic E-state index is -1.17. The monoisotopic (exact) mass is 198 g/mol. The molecular formula is C7H15ClO2S. The summed E-state index contributed by atoms with van der Waals surface area (Å²) in [5.74, 6) is 1.43. The van der Waals surface area contributed by atoms with Gasteiger partial charge in [0.2, 0.25) is 0 Å². The lowest BCUT2D eigenvalue weighted by molar-refractivity contribution is 0.316. The van der Waals surface area contributed by atoms with Crippen LogP contribution in [-0.4, -0.2) is 22.4 Å². The first-order valence-electron chi connectivity index (χ1n) is 3.74. The van der Waals surface area contributed by atoms with Crippen LogP contribution in [0.3, 0.4) is 0 Å². The summed E-state index contributed by atoms with van der Waals surface area (Å²) in [5.41, 5.74) is 0. The molecule has 0 fully saturated rings. The van der Waals surface area contributed by atoms with Gasteiger partial charge >= 0.3 is 0 Å². The average Bonchev–Trinajstić information content (AvgIpc) is 1.87. The molecule has 0 aromatic heterocycles. The van der Waals surface area contributed by atoms with Gasteiger partial charge in [0, 0.05) is 5.88 Å². The molecule has 0 amide bonds. The molecule has 0 rings (SSSR count). The first-order chi connectivity index (χ1) is 5.16. The van der Waals surface area contributed by atoms with Gasteiger partial charge in [-0.05, 0) is 12.3 Å². The van der Waals surface area contributed by atoms with Gasteiger partial charge in [-0.15, -0.1) is 11.6 Å². The van der Waals surface area contributed by atoms with E-state index in [9.17, 15) is 4.21 Å². The number of hydrogen-bond acceptors (Lipinski definition) is 2. The van der Waals surface area contributed by atoms with Crippen LogP contribution >= 0.6 is 11.6 Å².